The molecule has 0 fully saturated rings. The Morgan fingerprint density at radius 2 is 1.83 bits per heavy atom. The minimum Gasteiger partial charge on any atom is -0.496 e. The highest BCUT2D eigenvalue weighted by Gasteiger charge is 2.12. The first kappa shape index (κ1) is 18.1. The number of ether oxygens (including phenoxy) is 1. The first-order valence-corrected chi connectivity index (χ1v) is 8.40. The second-order valence-corrected chi connectivity index (χ2v) is 6.45. The van der Waals surface area contributed by atoms with Crippen molar-refractivity contribution in [3.8, 4) is 5.75 Å². The summed E-state index contributed by atoms with van der Waals surface area (Å²) in [6, 6.07) is 12.4. The fourth-order valence-electron chi connectivity index (χ4n) is 2.97. The van der Waals surface area contributed by atoms with Gasteiger partial charge in [0.2, 0.25) is 5.91 Å². The highest BCUT2D eigenvalue weighted by atomic mass is 16.5. The maximum atomic E-state index is 12.3. The van der Waals surface area contributed by atoms with Crippen molar-refractivity contribution in [2.45, 2.75) is 46.6 Å². The van der Waals surface area contributed by atoms with Crippen LogP contribution in [0.2, 0.25) is 0 Å². The van der Waals surface area contributed by atoms with Crippen molar-refractivity contribution in [3.05, 3.63) is 64.2 Å². The zero-order chi connectivity index (χ0) is 17.7. The van der Waals surface area contributed by atoms with E-state index in [0.717, 1.165) is 23.3 Å². The third-order valence-corrected chi connectivity index (χ3v) is 4.38. The Morgan fingerprint density at radius 1 is 1.08 bits per heavy atom. The number of benzene rings is 2. The lowest BCUT2D eigenvalue weighted by molar-refractivity contribution is -0.121. The Kier molecular flexibility index (Phi) is 6.02. The van der Waals surface area contributed by atoms with E-state index in [9.17, 15) is 4.79 Å². The van der Waals surface area contributed by atoms with E-state index in [0.29, 0.717) is 6.42 Å². The van der Waals surface area contributed by atoms with Gasteiger partial charge in [-0.2, -0.15) is 0 Å². The molecule has 1 amide bonds. The topological polar surface area (TPSA) is 38.3 Å². The highest BCUT2D eigenvalue weighted by Crippen LogP contribution is 2.21. The summed E-state index contributed by atoms with van der Waals surface area (Å²) in [5.74, 6) is 0.962. The van der Waals surface area contributed by atoms with E-state index in [1.165, 1.54) is 16.7 Å². The Hall–Kier alpha value is -2.29. The molecular formula is C21H27NO2. The molecule has 0 spiro atoms. The van der Waals surface area contributed by atoms with E-state index in [-0.39, 0.29) is 11.9 Å². The molecule has 2 aromatic carbocycles. The number of methoxy groups -OCH3 is 1. The number of rotatable bonds is 6. The molecule has 0 unspecified atom stereocenters. The number of nitrogens with one attached hydrogen (secondary N) is 1. The third-order valence-electron chi connectivity index (χ3n) is 4.38. The van der Waals surface area contributed by atoms with E-state index in [1.807, 2.05) is 26.0 Å². The Balaban J connectivity index is 1.93. The van der Waals surface area contributed by atoms with Gasteiger partial charge < -0.3 is 10.1 Å². The Labute approximate surface area is 145 Å². The Bertz CT molecular complexity index is 722. The van der Waals surface area contributed by atoms with Gasteiger partial charge in [0, 0.05) is 6.42 Å². The highest BCUT2D eigenvalue weighted by molar-refractivity contribution is 5.76. The zero-order valence-electron chi connectivity index (χ0n) is 15.3. The molecule has 2 rings (SSSR count). The van der Waals surface area contributed by atoms with E-state index < -0.39 is 0 Å². The molecule has 0 aromatic heterocycles. The van der Waals surface area contributed by atoms with Gasteiger partial charge in [-0.1, -0.05) is 35.9 Å². The number of aryl methyl sites for hydroxylation is 4. The van der Waals surface area contributed by atoms with Crippen molar-refractivity contribution in [1.29, 1.82) is 0 Å². The van der Waals surface area contributed by atoms with Crippen LogP contribution in [0.25, 0.3) is 0 Å². The number of carbonyl (C=O) groups excluding carboxylic acids is 1. The molecule has 0 radical (unpaired) electrons. The predicted octanol–water partition coefficient (Wildman–Crippen LogP) is 4.43. The van der Waals surface area contributed by atoms with E-state index >= 15 is 0 Å². The van der Waals surface area contributed by atoms with Crippen molar-refractivity contribution >= 4 is 5.91 Å². The fraction of sp³-hybridized carbons (Fsp3) is 0.381. The van der Waals surface area contributed by atoms with Gasteiger partial charge in [0.1, 0.15) is 5.75 Å². The average Bonchev–Trinajstić information content (AvgIpc) is 2.55. The predicted molar refractivity (Wildman–Crippen MR) is 98.5 cm³/mol. The zero-order valence-corrected chi connectivity index (χ0v) is 15.3. The Morgan fingerprint density at radius 3 is 2.50 bits per heavy atom. The number of carbonyl (C=O) groups is 1. The summed E-state index contributed by atoms with van der Waals surface area (Å²) in [4.78, 5) is 12.3. The minimum absolute atomic E-state index is 0.0232. The summed E-state index contributed by atoms with van der Waals surface area (Å²) in [6.45, 7) is 8.21. The molecule has 0 aliphatic carbocycles. The number of hydrogen-bond donors (Lipinski definition) is 1. The van der Waals surface area contributed by atoms with Crippen molar-refractivity contribution in [1.82, 2.24) is 5.32 Å². The van der Waals surface area contributed by atoms with E-state index in [4.69, 9.17) is 4.74 Å². The molecule has 0 aliphatic heterocycles. The van der Waals surface area contributed by atoms with Crippen LogP contribution in [0.4, 0.5) is 0 Å². The van der Waals surface area contributed by atoms with Crippen molar-refractivity contribution < 1.29 is 9.53 Å². The standard InChI is InChI=1S/C21H27NO2/c1-14-6-7-15(2)19(12-14)17(4)22-21(23)11-9-18-8-10-20(24-5)16(3)13-18/h6-8,10,12-13,17H,9,11H2,1-5H3,(H,22,23)/t17-/m0/s1. The maximum Gasteiger partial charge on any atom is 0.220 e. The number of amides is 1. The van der Waals surface area contributed by atoms with Gasteiger partial charge in [-0.15, -0.1) is 0 Å². The maximum absolute atomic E-state index is 12.3. The molecule has 1 N–H and O–H groups in total. The second-order valence-electron chi connectivity index (χ2n) is 6.45. The largest absolute Gasteiger partial charge is 0.496 e. The lowest BCUT2D eigenvalue weighted by Gasteiger charge is -2.17. The van der Waals surface area contributed by atoms with Crippen LogP contribution < -0.4 is 10.1 Å². The van der Waals surface area contributed by atoms with Crippen LogP contribution >= 0.6 is 0 Å². The summed E-state index contributed by atoms with van der Waals surface area (Å²) in [5, 5.41) is 3.11. The van der Waals surface area contributed by atoms with Crippen molar-refractivity contribution in [2.24, 2.45) is 0 Å². The van der Waals surface area contributed by atoms with Gasteiger partial charge in [-0.05, 0) is 62.4 Å². The third kappa shape index (κ3) is 4.60. The van der Waals surface area contributed by atoms with Crippen molar-refractivity contribution in [3.63, 3.8) is 0 Å². The smallest absolute Gasteiger partial charge is 0.220 e. The molecule has 128 valence electrons. The molecule has 0 saturated heterocycles. The van der Waals surface area contributed by atoms with Crippen LogP contribution in [-0.4, -0.2) is 13.0 Å². The summed E-state index contributed by atoms with van der Waals surface area (Å²) in [5.41, 5.74) is 5.86. The van der Waals surface area contributed by atoms with Crippen LogP contribution in [0.5, 0.6) is 5.75 Å². The molecule has 0 heterocycles. The normalized spacial score (nSPS) is 11.9. The summed E-state index contributed by atoms with van der Waals surface area (Å²) in [6.07, 6.45) is 1.22. The van der Waals surface area contributed by atoms with Gasteiger partial charge in [-0.25, -0.2) is 0 Å². The first-order chi connectivity index (χ1) is 11.4. The number of hydrogen-bond acceptors (Lipinski definition) is 2. The fourth-order valence-corrected chi connectivity index (χ4v) is 2.97. The molecule has 0 aliphatic rings. The average molecular weight is 325 g/mol. The van der Waals surface area contributed by atoms with E-state index in [1.54, 1.807) is 7.11 Å². The van der Waals surface area contributed by atoms with Crippen LogP contribution in [-0.2, 0) is 11.2 Å². The molecular weight excluding hydrogens is 298 g/mol. The quantitative estimate of drug-likeness (QED) is 0.853. The molecule has 3 heteroatoms. The van der Waals surface area contributed by atoms with Crippen LogP contribution in [0.3, 0.4) is 0 Å². The van der Waals surface area contributed by atoms with E-state index in [2.05, 4.69) is 43.4 Å². The molecule has 0 saturated carbocycles. The lowest BCUT2D eigenvalue weighted by atomic mass is 9.99. The van der Waals surface area contributed by atoms with Gasteiger partial charge >= 0.3 is 0 Å². The SMILES string of the molecule is COc1ccc(CCC(=O)N[C@@H](C)c2cc(C)ccc2C)cc1C. The van der Waals surface area contributed by atoms with Crippen LogP contribution in [0, 0.1) is 20.8 Å². The van der Waals surface area contributed by atoms with Crippen LogP contribution in [0.1, 0.15) is 47.2 Å². The monoisotopic (exact) mass is 325 g/mol. The molecule has 24 heavy (non-hydrogen) atoms. The van der Waals surface area contributed by atoms with Gasteiger partial charge in [0.05, 0.1) is 13.2 Å². The van der Waals surface area contributed by atoms with Gasteiger partial charge in [0.15, 0.2) is 0 Å². The van der Waals surface area contributed by atoms with Crippen molar-refractivity contribution in [2.75, 3.05) is 7.11 Å². The minimum atomic E-state index is 0.0232. The summed E-state index contributed by atoms with van der Waals surface area (Å²) < 4.78 is 5.27. The molecule has 2 aromatic rings. The summed E-state index contributed by atoms with van der Waals surface area (Å²) in [7, 11) is 1.67. The van der Waals surface area contributed by atoms with Gasteiger partial charge in [0.25, 0.3) is 0 Å². The molecule has 0 bridgehead atoms. The lowest BCUT2D eigenvalue weighted by Crippen LogP contribution is -2.27. The molecule has 3 nitrogen and oxygen atoms in total. The summed E-state index contributed by atoms with van der Waals surface area (Å²) >= 11 is 0. The van der Waals surface area contributed by atoms with Crippen LogP contribution in [0.15, 0.2) is 36.4 Å². The molecule has 1 atom stereocenters. The second kappa shape index (κ2) is 8.00. The first-order valence-electron chi connectivity index (χ1n) is 8.40. The van der Waals surface area contributed by atoms with Gasteiger partial charge in [-0.3, -0.25) is 4.79 Å².